The Morgan fingerprint density at radius 1 is 1.20 bits per heavy atom. The van der Waals surface area contributed by atoms with Crippen LogP contribution < -0.4 is 10.1 Å². The molecule has 0 amide bonds. The number of halogens is 1. The standard InChI is InChI=1S/C20H22FN3O/c1-3-25-18-9-4-6-15(12-18)14-23-19(20-22-10-11-24(20)2)16-7-5-8-17(21)13-16/h4-13,19,23H,3,14H2,1-2H3. The summed E-state index contributed by atoms with van der Waals surface area (Å²) in [6, 6.07) is 14.4. The number of imidazole rings is 1. The van der Waals surface area contributed by atoms with E-state index in [9.17, 15) is 4.39 Å². The van der Waals surface area contributed by atoms with Crippen molar-refractivity contribution >= 4 is 0 Å². The van der Waals surface area contributed by atoms with Gasteiger partial charge in [0, 0.05) is 26.0 Å². The monoisotopic (exact) mass is 339 g/mol. The number of ether oxygens (including phenoxy) is 1. The van der Waals surface area contributed by atoms with Crippen LogP contribution in [0.25, 0.3) is 0 Å². The Morgan fingerprint density at radius 3 is 2.76 bits per heavy atom. The second kappa shape index (κ2) is 7.94. The van der Waals surface area contributed by atoms with Crippen LogP contribution in [0.2, 0.25) is 0 Å². The molecule has 0 saturated carbocycles. The molecule has 0 spiro atoms. The van der Waals surface area contributed by atoms with E-state index in [1.54, 1.807) is 18.3 Å². The minimum Gasteiger partial charge on any atom is -0.494 e. The molecule has 1 unspecified atom stereocenters. The van der Waals surface area contributed by atoms with E-state index in [1.165, 1.54) is 6.07 Å². The van der Waals surface area contributed by atoms with Crippen molar-refractivity contribution in [1.82, 2.24) is 14.9 Å². The van der Waals surface area contributed by atoms with Crippen LogP contribution in [0.3, 0.4) is 0 Å². The van der Waals surface area contributed by atoms with Crippen molar-refractivity contribution in [2.24, 2.45) is 7.05 Å². The minimum absolute atomic E-state index is 0.202. The first-order valence-electron chi connectivity index (χ1n) is 8.35. The lowest BCUT2D eigenvalue weighted by Gasteiger charge is -2.19. The van der Waals surface area contributed by atoms with Gasteiger partial charge < -0.3 is 9.30 Å². The van der Waals surface area contributed by atoms with Crippen molar-refractivity contribution in [3.8, 4) is 5.75 Å². The lowest BCUT2D eigenvalue weighted by atomic mass is 10.1. The highest BCUT2D eigenvalue weighted by atomic mass is 19.1. The Labute approximate surface area is 147 Å². The molecule has 0 radical (unpaired) electrons. The maximum atomic E-state index is 13.7. The molecule has 130 valence electrons. The SMILES string of the molecule is CCOc1cccc(CNC(c2cccc(F)c2)c2nccn2C)c1. The second-order valence-corrected chi connectivity index (χ2v) is 5.85. The molecule has 1 atom stereocenters. The summed E-state index contributed by atoms with van der Waals surface area (Å²) in [5.41, 5.74) is 1.94. The largest absolute Gasteiger partial charge is 0.494 e. The van der Waals surface area contributed by atoms with Gasteiger partial charge in [-0.05, 0) is 42.3 Å². The van der Waals surface area contributed by atoms with Crippen LogP contribution >= 0.6 is 0 Å². The van der Waals surface area contributed by atoms with Crippen molar-refractivity contribution in [1.29, 1.82) is 0 Å². The van der Waals surface area contributed by atoms with E-state index in [4.69, 9.17) is 4.74 Å². The second-order valence-electron chi connectivity index (χ2n) is 5.85. The van der Waals surface area contributed by atoms with Crippen molar-refractivity contribution in [3.05, 3.63) is 83.7 Å². The fraction of sp³-hybridized carbons (Fsp3) is 0.250. The normalized spacial score (nSPS) is 12.1. The van der Waals surface area contributed by atoms with Crippen molar-refractivity contribution in [2.75, 3.05) is 6.61 Å². The molecule has 0 aliphatic heterocycles. The first-order valence-corrected chi connectivity index (χ1v) is 8.35. The van der Waals surface area contributed by atoms with Gasteiger partial charge in [-0.25, -0.2) is 9.37 Å². The third-order valence-corrected chi connectivity index (χ3v) is 4.02. The van der Waals surface area contributed by atoms with Crippen LogP contribution in [-0.4, -0.2) is 16.2 Å². The highest BCUT2D eigenvalue weighted by molar-refractivity contribution is 5.30. The molecule has 0 aliphatic carbocycles. The summed E-state index contributed by atoms with van der Waals surface area (Å²) in [5, 5.41) is 3.49. The smallest absolute Gasteiger partial charge is 0.130 e. The maximum absolute atomic E-state index is 13.7. The number of rotatable bonds is 7. The molecule has 1 aromatic heterocycles. The van der Waals surface area contributed by atoms with Gasteiger partial charge in [0.05, 0.1) is 12.6 Å². The lowest BCUT2D eigenvalue weighted by Crippen LogP contribution is -2.25. The minimum atomic E-state index is -0.253. The van der Waals surface area contributed by atoms with Crippen LogP contribution in [-0.2, 0) is 13.6 Å². The molecule has 25 heavy (non-hydrogen) atoms. The number of hydrogen-bond donors (Lipinski definition) is 1. The molecule has 0 fully saturated rings. The molecule has 3 aromatic rings. The zero-order valence-electron chi connectivity index (χ0n) is 14.4. The molecule has 0 aliphatic rings. The third-order valence-electron chi connectivity index (χ3n) is 4.02. The van der Waals surface area contributed by atoms with Gasteiger partial charge in [-0.15, -0.1) is 0 Å². The molecular formula is C20H22FN3O. The van der Waals surface area contributed by atoms with Gasteiger partial charge >= 0.3 is 0 Å². The third kappa shape index (κ3) is 4.25. The van der Waals surface area contributed by atoms with E-state index in [0.29, 0.717) is 13.2 Å². The summed E-state index contributed by atoms with van der Waals surface area (Å²) in [6.45, 7) is 3.22. The number of nitrogens with one attached hydrogen (secondary N) is 1. The Kier molecular flexibility index (Phi) is 5.46. The van der Waals surface area contributed by atoms with E-state index in [2.05, 4.69) is 10.3 Å². The predicted molar refractivity (Wildman–Crippen MR) is 95.9 cm³/mol. The summed E-state index contributed by atoms with van der Waals surface area (Å²) in [7, 11) is 1.94. The van der Waals surface area contributed by atoms with Crippen LogP contribution in [0, 0.1) is 5.82 Å². The van der Waals surface area contributed by atoms with Gasteiger partial charge in [-0.3, -0.25) is 5.32 Å². The number of benzene rings is 2. The molecule has 4 nitrogen and oxygen atoms in total. The summed E-state index contributed by atoms with van der Waals surface area (Å²) in [4.78, 5) is 4.43. The summed E-state index contributed by atoms with van der Waals surface area (Å²) < 4.78 is 21.2. The van der Waals surface area contributed by atoms with Crippen LogP contribution in [0.5, 0.6) is 5.75 Å². The highest BCUT2D eigenvalue weighted by Crippen LogP contribution is 2.22. The molecule has 3 rings (SSSR count). The first-order chi connectivity index (χ1) is 12.2. The topological polar surface area (TPSA) is 39.1 Å². The number of aromatic nitrogens is 2. The molecule has 1 N–H and O–H groups in total. The van der Waals surface area contributed by atoms with Crippen LogP contribution in [0.1, 0.15) is 29.9 Å². The Hall–Kier alpha value is -2.66. The average molecular weight is 339 g/mol. The van der Waals surface area contributed by atoms with Crippen LogP contribution in [0.15, 0.2) is 60.9 Å². The molecule has 1 heterocycles. The first kappa shape index (κ1) is 17.2. The van der Waals surface area contributed by atoms with Crippen molar-refractivity contribution in [3.63, 3.8) is 0 Å². The van der Waals surface area contributed by atoms with Crippen molar-refractivity contribution < 1.29 is 9.13 Å². The molecule has 5 heteroatoms. The number of nitrogens with zero attached hydrogens (tertiary/aromatic N) is 2. The maximum Gasteiger partial charge on any atom is 0.130 e. The van der Waals surface area contributed by atoms with Gasteiger partial charge in [-0.1, -0.05) is 24.3 Å². The van der Waals surface area contributed by atoms with Crippen molar-refractivity contribution in [2.45, 2.75) is 19.5 Å². The Morgan fingerprint density at radius 2 is 2.04 bits per heavy atom. The van der Waals surface area contributed by atoms with E-state index in [0.717, 1.165) is 22.7 Å². The van der Waals surface area contributed by atoms with Gasteiger partial charge in [0.1, 0.15) is 17.4 Å². The summed E-state index contributed by atoms with van der Waals surface area (Å²) >= 11 is 0. The Bertz CT molecular complexity index is 831. The Balaban J connectivity index is 1.83. The lowest BCUT2D eigenvalue weighted by molar-refractivity contribution is 0.339. The van der Waals surface area contributed by atoms with Crippen LogP contribution in [0.4, 0.5) is 4.39 Å². The number of hydrogen-bond acceptors (Lipinski definition) is 3. The van der Waals surface area contributed by atoms with E-state index >= 15 is 0 Å². The van der Waals surface area contributed by atoms with E-state index < -0.39 is 0 Å². The number of aryl methyl sites for hydroxylation is 1. The summed E-state index contributed by atoms with van der Waals surface area (Å²) in [5.74, 6) is 1.43. The zero-order valence-corrected chi connectivity index (χ0v) is 14.4. The van der Waals surface area contributed by atoms with E-state index in [1.807, 2.05) is 55.1 Å². The predicted octanol–water partition coefficient (Wildman–Crippen LogP) is 3.84. The van der Waals surface area contributed by atoms with Gasteiger partial charge in [0.2, 0.25) is 0 Å². The highest BCUT2D eigenvalue weighted by Gasteiger charge is 2.18. The molecule has 0 bridgehead atoms. The zero-order chi connectivity index (χ0) is 17.6. The molecule has 0 saturated heterocycles. The average Bonchev–Trinajstić information content (AvgIpc) is 3.02. The van der Waals surface area contributed by atoms with Gasteiger partial charge in [0.25, 0.3) is 0 Å². The molecule has 2 aromatic carbocycles. The van der Waals surface area contributed by atoms with Gasteiger partial charge in [-0.2, -0.15) is 0 Å². The quantitative estimate of drug-likeness (QED) is 0.711. The van der Waals surface area contributed by atoms with E-state index in [-0.39, 0.29) is 11.9 Å². The molecular weight excluding hydrogens is 317 g/mol. The summed E-state index contributed by atoms with van der Waals surface area (Å²) in [6.07, 6.45) is 3.64. The fourth-order valence-corrected chi connectivity index (χ4v) is 2.83. The fourth-order valence-electron chi connectivity index (χ4n) is 2.83. The van der Waals surface area contributed by atoms with Gasteiger partial charge in [0.15, 0.2) is 0 Å².